The number of fused-ring (bicyclic) bond motifs is 7. The van der Waals surface area contributed by atoms with Crippen molar-refractivity contribution < 1.29 is 4.42 Å². The highest BCUT2D eigenvalue weighted by atomic mass is 16.3. The fraction of sp³-hybridized carbons (Fsp3) is 0.0667. The molecule has 7 aromatic carbocycles. The minimum absolute atomic E-state index is 0.374. The van der Waals surface area contributed by atoms with Gasteiger partial charge in [-0.05, 0) is 64.2 Å². The van der Waals surface area contributed by atoms with Crippen LogP contribution in [0, 0.1) is 0 Å². The lowest BCUT2D eigenvalue weighted by Gasteiger charge is -2.30. The van der Waals surface area contributed by atoms with Crippen molar-refractivity contribution in [3.05, 3.63) is 187 Å². The Morgan fingerprint density at radius 2 is 1.26 bits per heavy atom. The Balaban J connectivity index is 1.08. The van der Waals surface area contributed by atoms with Crippen LogP contribution < -0.4 is 11.2 Å². The Bertz CT molecular complexity index is 2590. The summed E-state index contributed by atoms with van der Waals surface area (Å²) in [5.41, 5.74) is 21.5. The van der Waals surface area contributed by atoms with E-state index >= 15 is 0 Å². The topological polar surface area (TPSA) is 59.4 Å². The Labute approximate surface area is 290 Å². The van der Waals surface area contributed by atoms with Crippen LogP contribution in [0.4, 0.5) is 0 Å². The maximum atomic E-state index is 7.06. The van der Waals surface area contributed by atoms with E-state index < -0.39 is 0 Å². The summed E-state index contributed by atoms with van der Waals surface area (Å²) in [4.78, 5) is 0. The Morgan fingerprint density at radius 3 is 2.08 bits per heavy atom. The molecule has 0 aliphatic heterocycles. The van der Waals surface area contributed by atoms with Crippen LogP contribution in [0.2, 0.25) is 0 Å². The van der Waals surface area contributed by atoms with Crippen LogP contribution in [0.3, 0.4) is 0 Å². The molecule has 50 heavy (non-hydrogen) atoms. The first-order valence-electron chi connectivity index (χ1n) is 17.1. The molecule has 0 spiro atoms. The number of hydrazine groups is 1. The summed E-state index contributed by atoms with van der Waals surface area (Å²) in [5, 5.41) is 6.78. The third-order valence-corrected chi connectivity index (χ3v) is 9.73. The zero-order valence-corrected chi connectivity index (χ0v) is 27.5. The number of furan rings is 1. The first-order chi connectivity index (χ1) is 24.7. The fourth-order valence-electron chi connectivity index (χ4n) is 7.20. The molecule has 0 amide bonds. The van der Waals surface area contributed by atoms with Gasteiger partial charge in [-0.3, -0.25) is 0 Å². The van der Waals surface area contributed by atoms with Gasteiger partial charge in [0.15, 0.2) is 5.58 Å². The second-order valence-corrected chi connectivity index (χ2v) is 12.8. The zero-order valence-electron chi connectivity index (χ0n) is 27.5. The average molecular weight is 649 g/mol. The molecule has 0 aliphatic rings. The second kappa shape index (κ2) is 12.8. The lowest BCUT2D eigenvalue weighted by molar-refractivity contribution is 0.113. The van der Waals surface area contributed by atoms with E-state index in [2.05, 4.69) is 161 Å². The molecule has 2 aromatic heterocycles. The summed E-state index contributed by atoms with van der Waals surface area (Å²) >= 11 is 0. The normalized spacial score (nSPS) is 12.4. The smallest absolute Gasteiger partial charge is 0.160 e. The van der Waals surface area contributed by atoms with Crippen LogP contribution in [0.5, 0.6) is 0 Å². The lowest BCUT2D eigenvalue weighted by atomic mass is 10.0. The summed E-state index contributed by atoms with van der Waals surface area (Å²) in [6.45, 7) is 1.28. The molecule has 242 valence electrons. The monoisotopic (exact) mass is 648 g/mol. The van der Waals surface area contributed by atoms with Crippen molar-refractivity contribution in [3.63, 3.8) is 0 Å². The molecule has 5 heteroatoms. The molecular formula is C45H36N4O. The highest BCUT2D eigenvalue weighted by molar-refractivity contribution is 6.21. The number of nitrogens with zero attached hydrogens (tertiary/aromatic N) is 2. The van der Waals surface area contributed by atoms with E-state index in [1.807, 2.05) is 24.3 Å². The van der Waals surface area contributed by atoms with Gasteiger partial charge in [0.2, 0.25) is 0 Å². The number of rotatable bonds is 9. The number of hydrogen-bond acceptors (Lipinski definition) is 4. The third-order valence-electron chi connectivity index (χ3n) is 9.73. The largest absolute Gasteiger partial charge is 0.454 e. The molecule has 3 N–H and O–H groups in total. The molecule has 0 saturated heterocycles. The van der Waals surface area contributed by atoms with Crippen molar-refractivity contribution in [1.82, 2.24) is 15.0 Å². The van der Waals surface area contributed by atoms with E-state index in [1.165, 1.54) is 21.9 Å². The third kappa shape index (κ3) is 5.44. The van der Waals surface area contributed by atoms with E-state index in [1.54, 1.807) is 0 Å². The van der Waals surface area contributed by atoms with Gasteiger partial charge in [-0.2, -0.15) is 0 Å². The number of para-hydroxylation sites is 2. The molecule has 0 bridgehead atoms. The van der Waals surface area contributed by atoms with Gasteiger partial charge < -0.3 is 14.7 Å². The first-order valence-corrected chi connectivity index (χ1v) is 17.1. The van der Waals surface area contributed by atoms with Crippen molar-refractivity contribution in [2.24, 2.45) is 5.73 Å². The molecule has 1 unspecified atom stereocenters. The summed E-state index contributed by atoms with van der Waals surface area (Å²) in [6, 6.07) is 59.5. The SMILES string of the molecule is NC(c1cccc(-c2ccccc2)c1)N(Cc1ccc(-n2c3ccccc3c3ccc4c5ccccc5oc4c32)cc1)NCc1ccccc1. The molecule has 0 radical (unpaired) electrons. The molecule has 9 rings (SSSR count). The molecule has 9 aromatic rings. The number of benzene rings is 7. The van der Waals surface area contributed by atoms with Gasteiger partial charge in [0.25, 0.3) is 0 Å². The van der Waals surface area contributed by atoms with Gasteiger partial charge >= 0.3 is 0 Å². The van der Waals surface area contributed by atoms with Crippen molar-refractivity contribution in [3.8, 4) is 16.8 Å². The van der Waals surface area contributed by atoms with E-state index in [9.17, 15) is 0 Å². The maximum Gasteiger partial charge on any atom is 0.160 e. The van der Waals surface area contributed by atoms with Crippen LogP contribution in [-0.4, -0.2) is 9.58 Å². The van der Waals surface area contributed by atoms with Gasteiger partial charge in [0.05, 0.1) is 17.2 Å². The van der Waals surface area contributed by atoms with Gasteiger partial charge in [-0.1, -0.05) is 133 Å². The second-order valence-electron chi connectivity index (χ2n) is 12.8. The zero-order chi connectivity index (χ0) is 33.4. The fourth-order valence-corrected chi connectivity index (χ4v) is 7.20. The van der Waals surface area contributed by atoms with Gasteiger partial charge in [-0.15, -0.1) is 0 Å². The molecular weight excluding hydrogens is 613 g/mol. The Morgan fingerprint density at radius 1 is 0.580 bits per heavy atom. The van der Waals surface area contributed by atoms with Crippen molar-refractivity contribution in [1.29, 1.82) is 0 Å². The van der Waals surface area contributed by atoms with Gasteiger partial charge in [0, 0.05) is 40.3 Å². The van der Waals surface area contributed by atoms with Crippen LogP contribution in [0.1, 0.15) is 22.9 Å². The van der Waals surface area contributed by atoms with E-state index in [0.717, 1.165) is 55.3 Å². The first kappa shape index (κ1) is 30.1. The average Bonchev–Trinajstić information content (AvgIpc) is 3.73. The minimum Gasteiger partial charge on any atom is -0.454 e. The number of nitrogens with two attached hydrogens (primary N) is 1. The van der Waals surface area contributed by atoms with Gasteiger partial charge in [0.1, 0.15) is 5.58 Å². The van der Waals surface area contributed by atoms with Crippen LogP contribution >= 0.6 is 0 Å². The summed E-state index contributed by atoms with van der Waals surface area (Å²) < 4.78 is 8.89. The predicted molar refractivity (Wildman–Crippen MR) is 206 cm³/mol. The maximum absolute atomic E-state index is 7.06. The molecule has 0 fully saturated rings. The van der Waals surface area contributed by atoms with Crippen molar-refractivity contribution in [2.75, 3.05) is 0 Å². The van der Waals surface area contributed by atoms with E-state index in [-0.39, 0.29) is 6.17 Å². The van der Waals surface area contributed by atoms with Crippen LogP contribution in [0.15, 0.2) is 174 Å². The Hall–Kier alpha value is -5.98. The Kier molecular flexibility index (Phi) is 7.71. The van der Waals surface area contributed by atoms with Crippen LogP contribution in [0.25, 0.3) is 60.6 Å². The quantitative estimate of drug-likeness (QED) is 0.121. The number of hydrogen-bond donors (Lipinski definition) is 2. The summed E-state index contributed by atoms with van der Waals surface area (Å²) in [5.74, 6) is 0. The molecule has 0 saturated carbocycles. The number of nitrogens with one attached hydrogen (secondary N) is 1. The molecule has 1 atom stereocenters. The number of aromatic nitrogens is 1. The van der Waals surface area contributed by atoms with E-state index in [4.69, 9.17) is 10.2 Å². The molecule has 2 heterocycles. The highest BCUT2D eigenvalue weighted by Gasteiger charge is 2.20. The van der Waals surface area contributed by atoms with Crippen LogP contribution in [-0.2, 0) is 13.1 Å². The molecule has 5 nitrogen and oxygen atoms in total. The molecule has 0 aliphatic carbocycles. The van der Waals surface area contributed by atoms with E-state index in [0.29, 0.717) is 13.1 Å². The van der Waals surface area contributed by atoms with Gasteiger partial charge in [-0.25, -0.2) is 10.4 Å². The summed E-state index contributed by atoms with van der Waals surface area (Å²) in [6.07, 6.45) is -0.374. The minimum atomic E-state index is -0.374. The highest BCUT2D eigenvalue weighted by Crippen LogP contribution is 2.40. The standard InChI is InChI=1S/C45H36N4O/c46-45(35-17-11-16-34(28-35)33-14-5-2-6-15-33)48(47-29-31-12-3-1-4-13-31)30-32-22-24-36(25-23-32)49-41-20-9-7-18-37(41)39-26-27-40-38-19-8-10-21-42(38)50-44(40)43(39)49/h1-28,45,47H,29-30,46H2. The predicted octanol–water partition coefficient (Wildman–Crippen LogP) is 10.5. The summed E-state index contributed by atoms with van der Waals surface area (Å²) in [7, 11) is 0. The van der Waals surface area contributed by atoms with Crippen molar-refractivity contribution >= 4 is 43.7 Å². The van der Waals surface area contributed by atoms with Crippen molar-refractivity contribution in [2.45, 2.75) is 19.3 Å². The lowest BCUT2D eigenvalue weighted by Crippen LogP contribution is -2.43.